The molecule has 0 saturated heterocycles. The summed E-state index contributed by atoms with van der Waals surface area (Å²) in [5, 5.41) is 6.36. The lowest BCUT2D eigenvalue weighted by Crippen LogP contribution is -2.45. The van der Waals surface area contributed by atoms with Crippen LogP contribution < -0.4 is 10.6 Å². The van der Waals surface area contributed by atoms with Crippen LogP contribution in [0.25, 0.3) is 0 Å². The SMILES string of the molecule is CSC1(CNC(C)CNC(=O)OC(C)(C)C)CCCC1. The van der Waals surface area contributed by atoms with Gasteiger partial charge in [0.15, 0.2) is 0 Å². The summed E-state index contributed by atoms with van der Waals surface area (Å²) in [6.07, 6.45) is 7.14. The Balaban J connectivity index is 2.23. The molecule has 1 aliphatic carbocycles. The van der Waals surface area contributed by atoms with Crippen LogP contribution in [-0.2, 0) is 4.74 Å². The molecule has 0 radical (unpaired) electrons. The van der Waals surface area contributed by atoms with E-state index in [0.29, 0.717) is 11.3 Å². The molecule has 2 N–H and O–H groups in total. The lowest BCUT2D eigenvalue weighted by Gasteiger charge is -2.29. The predicted octanol–water partition coefficient (Wildman–Crippen LogP) is 3.17. The maximum Gasteiger partial charge on any atom is 0.407 e. The van der Waals surface area contributed by atoms with Crippen molar-refractivity contribution in [2.45, 2.75) is 69.8 Å². The first kappa shape index (κ1) is 17.6. The van der Waals surface area contributed by atoms with Crippen LogP contribution in [0.1, 0.15) is 53.4 Å². The Morgan fingerprint density at radius 3 is 2.45 bits per heavy atom. The highest BCUT2D eigenvalue weighted by molar-refractivity contribution is 8.00. The third-order valence-electron chi connectivity index (χ3n) is 3.67. The minimum atomic E-state index is -0.437. The van der Waals surface area contributed by atoms with Gasteiger partial charge in [0.1, 0.15) is 5.60 Å². The highest BCUT2D eigenvalue weighted by Gasteiger charge is 2.32. The zero-order chi connectivity index (χ0) is 15.2. The molecule has 1 atom stereocenters. The van der Waals surface area contributed by atoms with Crippen LogP contribution >= 0.6 is 11.8 Å². The third-order valence-corrected chi connectivity index (χ3v) is 5.09. The van der Waals surface area contributed by atoms with Crippen LogP contribution in [0.15, 0.2) is 0 Å². The second-order valence-corrected chi connectivity index (χ2v) is 8.03. The van der Waals surface area contributed by atoms with E-state index in [1.807, 2.05) is 32.5 Å². The minimum absolute atomic E-state index is 0.257. The monoisotopic (exact) mass is 302 g/mol. The topological polar surface area (TPSA) is 50.4 Å². The molecule has 0 aliphatic heterocycles. The molecule has 4 nitrogen and oxygen atoms in total. The lowest BCUT2D eigenvalue weighted by molar-refractivity contribution is 0.0523. The van der Waals surface area contributed by atoms with Crippen LogP contribution in [0.2, 0.25) is 0 Å². The number of thioether (sulfide) groups is 1. The Morgan fingerprint density at radius 1 is 1.35 bits per heavy atom. The van der Waals surface area contributed by atoms with Crippen molar-refractivity contribution in [1.29, 1.82) is 0 Å². The number of carbonyl (C=O) groups excluding carboxylic acids is 1. The standard InChI is InChI=1S/C15H30N2O2S/c1-12(10-16-13(18)19-14(2,3)4)17-11-15(20-5)8-6-7-9-15/h12,17H,6-11H2,1-5H3,(H,16,18). The fourth-order valence-corrected chi connectivity index (χ4v) is 3.38. The zero-order valence-electron chi connectivity index (χ0n) is 13.5. The van der Waals surface area contributed by atoms with E-state index >= 15 is 0 Å². The van der Waals surface area contributed by atoms with E-state index in [2.05, 4.69) is 23.8 Å². The first-order valence-corrected chi connectivity index (χ1v) is 8.74. The molecule has 1 fully saturated rings. The van der Waals surface area contributed by atoms with Crippen molar-refractivity contribution in [1.82, 2.24) is 10.6 Å². The van der Waals surface area contributed by atoms with Crippen LogP contribution in [0, 0.1) is 0 Å². The molecule has 0 aromatic carbocycles. The fraction of sp³-hybridized carbons (Fsp3) is 0.933. The quantitative estimate of drug-likeness (QED) is 0.791. The maximum absolute atomic E-state index is 11.6. The molecule has 1 aliphatic rings. The molecular formula is C15H30N2O2S. The average Bonchev–Trinajstić information content (AvgIpc) is 2.81. The van der Waals surface area contributed by atoms with Gasteiger partial charge in [0, 0.05) is 23.9 Å². The maximum atomic E-state index is 11.6. The van der Waals surface area contributed by atoms with Gasteiger partial charge in [-0.25, -0.2) is 4.79 Å². The van der Waals surface area contributed by atoms with Crippen molar-refractivity contribution in [3.05, 3.63) is 0 Å². The number of carbonyl (C=O) groups is 1. The summed E-state index contributed by atoms with van der Waals surface area (Å²) in [4.78, 5) is 11.6. The second kappa shape index (κ2) is 7.55. The van der Waals surface area contributed by atoms with Crippen molar-refractivity contribution < 1.29 is 9.53 Å². The number of ether oxygens (including phenoxy) is 1. The first-order chi connectivity index (χ1) is 9.26. The zero-order valence-corrected chi connectivity index (χ0v) is 14.4. The van der Waals surface area contributed by atoms with E-state index in [9.17, 15) is 4.79 Å². The number of hydrogen-bond donors (Lipinski definition) is 2. The van der Waals surface area contributed by atoms with E-state index in [1.54, 1.807) is 0 Å². The molecule has 5 heteroatoms. The molecule has 1 unspecified atom stereocenters. The van der Waals surface area contributed by atoms with Gasteiger partial charge in [-0.05, 0) is 46.8 Å². The number of rotatable bonds is 6. The van der Waals surface area contributed by atoms with E-state index in [1.165, 1.54) is 25.7 Å². The fourth-order valence-electron chi connectivity index (χ4n) is 2.46. The molecular weight excluding hydrogens is 272 g/mol. The second-order valence-electron chi connectivity index (χ2n) is 6.76. The third kappa shape index (κ3) is 6.35. The Bertz CT molecular complexity index is 309. The normalized spacial score (nSPS) is 19.6. The lowest BCUT2D eigenvalue weighted by atomic mass is 10.1. The van der Waals surface area contributed by atoms with Crippen molar-refractivity contribution in [2.24, 2.45) is 0 Å². The Hall–Kier alpha value is -0.420. The van der Waals surface area contributed by atoms with Crippen LogP contribution in [0.3, 0.4) is 0 Å². The van der Waals surface area contributed by atoms with Crippen molar-refractivity contribution in [3.8, 4) is 0 Å². The van der Waals surface area contributed by atoms with Crippen LogP contribution in [0.5, 0.6) is 0 Å². The molecule has 1 amide bonds. The van der Waals surface area contributed by atoms with Gasteiger partial charge in [-0.15, -0.1) is 0 Å². The minimum Gasteiger partial charge on any atom is -0.444 e. The van der Waals surface area contributed by atoms with Gasteiger partial charge in [-0.2, -0.15) is 11.8 Å². The number of alkyl carbamates (subject to hydrolysis) is 1. The first-order valence-electron chi connectivity index (χ1n) is 7.52. The number of amides is 1. The summed E-state index contributed by atoms with van der Waals surface area (Å²) in [6.45, 7) is 9.33. The summed E-state index contributed by atoms with van der Waals surface area (Å²) in [5.74, 6) is 0. The molecule has 0 heterocycles. The van der Waals surface area contributed by atoms with Crippen molar-refractivity contribution in [3.63, 3.8) is 0 Å². The van der Waals surface area contributed by atoms with Crippen LogP contribution in [-0.4, -0.2) is 41.8 Å². The Kier molecular flexibility index (Phi) is 6.65. The summed E-state index contributed by atoms with van der Waals surface area (Å²) in [6, 6.07) is 0.257. The number of hydrogen-bond acceptors (Lipinski definition) is 4. The molecule has 118 valence electrons. The summed E-state index contributed by atoms with van der Waals surface area (Å²) >= 11 is 1.98. The van der Waals surface area contributed by atoms with Gasteiger partial charge in [-0.3, -0.25) is 0 Å². The smallest absolute Gasteiger partial charge is 0.407 e. The summed E-state index contributed by atoms with van der Waals surface area (Å²) in [7, 11) is 0. The van der Waals surface area contributed by atoms with E-state index in [0.717, 1.165) is 6.54 Å². The Labute approximate surface area is 127 Å². The molecule has 0 bridgehead atoms. The van der Waals surface area contributed by atoms with Gasteiger partial charge >= 0.3 is 6.09 Å². The van der Waals surface area contributed by atoms with E-state index in [4.69, 9.17) is 4.74 Å². The Morgan fingerprint density at radius 2 is 1.95 bits per heavy atom. The van der Waals surface area contributed by atoms with Gasteiger partial charge in [0.2, 0.25) is 0 Å². The molecule has 20 heavy (non-hydrogen) atoms. The van der Waals surface area contributed by atoms with Crippen molar-refractivity contribution >= 4 is 17.9 Å². The largest absolute Gasteiger partial charge is 0.444 e. The molecule has 0 spiro atoms. The number of nitrogens with one attached hydrogen (secondary N) is 2. The van der Waals surface area contributed by atoms with Gasteiger partial charge in [0.25, 0.3) is 0 Å². The molecule has 0 aromatic rings. The highest BCUT2D eigenvalue weighted by atomic mass is 32.2. The van der Waals surface area contributed by atoms with E-state index < -0.39 is 5.60 Å². The molecule has 1 rings (SSSR count). The van der Waals surface area contributed by atoms with E-state index in [-0.39, 0.29) is 12.1 Å². The van der Waals surface area contributed by atoms with Crippen molar-refractivity contribution in [2.75, 3.05) is 19.3 Å². The molecule has 1 saturated carbocycles. The average molecular weight is 302 g/mol. The van der Waals surface area contributed by atoms with Gasteiger partial charge in [0.05, 0.1) is 0 Å². The predicted molar refractivity (Wildman–Crippen MR) is 86.4 cm³/mol. The summed E-state index contributed by atoms with van der Waals surface area (Å²) < 4.78 is 5.63. The molecule has 0 aromatic heterocycles. The van der Waals surface area contributed by atoms with Gasteiger partial charge < -0.3 is 15.4 Å². The summed E-state index contributed by atoms with van der Waals surface area (Å²) in [5.41, 5.74) is -0.437. The highest BCUT2D eigenvalue weighted by Crippen LogP contribution is 2.39. The van der Waals surface area contributed by atoms with Crippen LogP contribution in [0.4, 0.5) is 4.79 Å². The van der Waals surface area contributed by atoms with Gasteiger partial charge in [-0.1, -0.05) is 12.8 Å².